The maximum atomic E-state index is 9.62. The van der Waals surface area contributed by atoms with Gasteiger partial charge in [-0.05, 0) is 25.8 Å². The molecule has 0 bridgehead atoms. The van der Waals surface area contributed by atoms with Crippen molar-refractivity contribution in [2.24, 2.45) is 0 Å². The smallest absolute Gasteiger partial charge is 0.147 e. The van der Waals surface area contributed by atoms with Crippen LogP contribution in [0.1, 0.15) is 32.6 Å². The van der Waals surface area contributed by atoms with Crippen LogP contribution in [0.3, 0.4) is 0 Å². The Morgan fingerprint density at radius 1 is 1.26 bits per heavy atom. The number of aliphatic hydroxyl groups excluding tert-OH is 1. The van der Waals surface area contributed by atoms with E-state index in [9.17, 15) is 5.11 Å². The van der Waals surface area contributed by atoms with E-state index in [-0.39, 0.29) is 12.1 Å². The predicted molar refractivity (Wildman–Crippen MR) is 80.3 cm³/mol. The summed E-state index contributed by atoms with van der Waals surface area (Å²) in [7, 11) is 0. The average molecular weight is 304 g/mol. The molecule has 0 amide bonds. The molecule has 19 heavy (non-hydrogen) atoms. The minimum atomic E-state index is -0.298. The summed E-state index contributed by atoms with van der Waals surface area (Å²) in [6.07, 6.45) is 4.08. The Balaban J connectivity index is 2.26. The molecule has 3 N–H and O–H groups in total. The van der Waals surface area contributed by atoms with Crippen molar-refractivity contribution < 1.29 is 5.11 Å². The normalized spacial score (nSPS) is 17.5. The average Bonchev–Trinajstić information content (AvgIpc) is 2.85. The molecule has 1 aliphatic rings. The first-order valence-electron chi connectivity index (χ1n) is 6.59. The van der Waals surface area contributed by atoms with Crippen LogP contribution in [0.5, 0.6) is 0 Å². The van der Waals surface area contributed by atoms with Crippen LogP contribution < -0.4 is 10.6 Å². The molecule has 0 atom stereocenters. The number of nitrogens with zero attached hydrogens (tertiary/aromatic N) is 1. The van der Waals surface area contributed by atoms with Crippen molar-refractivity contribution in [3.8, 4) is 0 Å². The monoisotopic (exact) mass is 303 g/mol. The number of aliphatic hydroxyl groups is 1. The molecule has 2 rings (SSSR count). The van der Waals surface area contributed by atoms with Gasteiger partial charge in [0, 0.05) is 6.54 Å². The van der Waals surface area contributed by atoms with E-state index in [0.717, 1.165) is 32.2 Å². The van der Waals surface area contributed by atoms with Gasteiger partial charge in [-0.25, -0.2) is 4.98 Å². The highest BCUT2D eigenvalue weighted by Crippen LogP contribution is 2.36. The van der Waals surface area contributed by atoms with E-state index < -0.39 is 0 Å². The summed E-state index contributed by atoms with van der Waals surface area (Å²) in [5.41, 5.74) is -0.298. The molecule has 1 fully saturated rings. The summed E-state index contributed by atoms with van der Waals surface area (Å²) in [5, 5.41) is 17.0. The van der Waals surface area contributed by atoms with Crippen LogP contribution in [0, 0.1) is 0 Å². The van der Waals surface area contributed by atoms with Crippen molar-refractivity contribution in [1.82, 2.24) is 4.98 Å². The van der Waals surface area contributed by atoms with Gasteiger partial charge in [-0.3, -0.25) is 0 Å². The van der Waals surface area contributed by atoms with Crippen LogP contribution in [0.2, 0.25) is 10.0 Å². The number of pyridine rings is 1. The fourth-order valence-electron chi connectivity index (χ4n) is 2.47. The SMILES string of the molecule is CCNc1nc(NC2(CO)CCCC2)c(Cl)cc1Cl. The first-order valence-corrected chi connectivity index (χ1v) is 7.35. The Morgan fingerprint density at radius 2 is 1.89 bits per heavy atom. The summed E-state index contributed by atoms with van der Waals surface area (Å²) in [6.45, 7) is 2.80. The molecule has 6 heteroatoms. The van der Waals surface area contributed by atoms with E-state index in [0.29, 0.717) is 21.7 Å². The van der Waals surface area contributed by atoms with Gasteiger partial charge < -0.3 is 15.7 Å². The van der Waals surface area contributed by atoms with Crippen LogP contribution in [0.4, 0.5) is 11.6 Å². The van der Waals surface area contributed by atoms with E-state index in [2.05, 4.69) is 15.6 Å². The minimum absolute atomic E-state index is 0.0875. The van der Waals surface area contributed by atoms with Gasteiger partial charge in [-0.15, -0.1) is 0 Å². The van der Waals surface area contributed by atoms with Crippen LogP contribution in [0.25, 0.3) is 0 Å². The number of hydrogen-bond donors (Lipinski definition) is 3. The quantitative estimate of drug-likeness (QED) is 0.779. The maximum absolute atomic E-state index is 9.62. The third-order valence-electron chi connectivity index (χ3n) is 3.52. The Morgan fingerprint density at radius 3 is 2.47 bits per heavy atom. The molecule has 1 aromatic rings. The molecule has 0 radical (unpaired) electrons. The lowest BCUT2D eigenvalue weighted by Crippen LogP contribution is -2.39. The zero-order valence-corrected chi connectivity index (χ0v) is 12.5. The van der Waals surface area contributed by atoms with Gasteiger partial charge in [0.1, 0.15) is 11.6 Å². The molecular formula is C13H19Cl2N3O. The van der Waals surface area contributed by atoms with Crippen LogP contribution in [-0.4, -0.2) is 28.8 Å². The van der Waals surface area contributed by atoms with Crippen molar-refractivity contribution >= 4 is 34.8 Å². The lowest BCUT2D eigenvalue weighted by atomic mass is 9.99. The van der Waals surface area contributed by atoms with Crippen LogP contribution in [0.15, 0.2) is 6.07 Å². The topological polar surface area (TPSA) is 57.2 Å². The second kappa shape index (κ2) is 6.16. The molecule has 0 spiro atoms. The molecule has 1 aromatic heterocycles. The highest BCUT2D eigenvalue weighted by molar-refractivity contribution is 6.37. The lowest BCUT2D eigenvalue weighted by molar-refractivity contribution is 0.214. The number of rotatable bonds is 5. The number of nitrogens with one attached hydrogen (secondary N) is 2. The second-order valence-corrected chi connectivity index (χ2v) is 5.76. The molecule has 1 saturated carbocycles. The van der Waals surface area contributed by atoms with Gasteiger partial charge in [0.25, 0.3) is 0 Å². The molecule has 0 saturated heterocycles. The number of hydrogen-bond acceptors (Lipinski definition) is 4. The molecular weight excluding hydrogens is 285 g/mol. The van der Waals surface area contributed by atoms with Gasteiger partial charge in [-0.2, -0.15) is 0 Å². The summed E-state index contributed by atoms with van der Waals surface area (Å²) < 4.78 is 0. The fourth-order valence-corrected chi connectivity index (χ4v) is 2.94. The van der Waals surface area contributed by atoms with Gasteiger partial charge in [-0.1, -0.05) is 36.0 Å². The van der Waals surface area contributed by atoms with Gasteiger partial charge in [0.05, 0.1) is 22.2 Å². The molecule has 0 aliphatic heterocycles. The highest BCUT2D eigenvalue weighted by Gasteiger charge is 2.34. The summed E-state index contributed by atoms with van der Waals surface area (Å²) >= 11 is 12.3. The van der Waals surface area contributed by atoms with Gasteiger partial charge >= 0.3 is 0 Å². The van der Waals surface area contributed by atoms with Crippen molar-refractivity contribution in [2.75, 3.05) is 23.8 Å². The van der Waals surface area contributed by atoms with Crippen molar-refractivity contribution in [3.05, 3.63) is 16.1 Å². The Kier molecular flexibility index (Phi) is 4.76. The van der Waals surface area contributed by atoms with E-state index in [1.807, 2.05) is 6.92 Å². The summed E-state index contributed by atoms with van der Waals surface area (Å²) in [4.78, 5) is 4.42. The van der Waals surface area contributed by atoms with E-state index in [4.69, 9.17) is 23.2 Å². The second-order valence-electron chi connectivity index (χ2n) is 4.95. The van der Waals surface area contributed by atoms with E-state index in [1.54, 1.807) is 6.07 Å². The first-order chi connectivity index (χ1) is 9.10. The van der Waals surface area contributed by atoms with E-state index >= 15 is 0 Å². The highest BCUT2D eigenvalue weighted by atomic mass is 35.5. The molecule has 106 valence electrons. The maximum Gasteiger partial charge on any atom is 0.147 e. The molecule has 0 unspecified atom stereocenters. The molecule has 1 heterocycles. The zero-order chi connectivity index (χ0) is 13.9. The zero-order valence-electron chi connectivity index (χ0n) is 11.0. The van der Waals surface area contributed by atoms with Crippen LogP contribution >= 0.6 is 23.2 Å². The van der Waals surface area contributed by atoms with E-state index in [1.165, 1.54) is 0 Å². The predicted octanol–water partition coefficient (Wildman–Crippen LogP) is 3.54. The van der Waals surface area contributed by atoms with Crippen LogP contribution in [-0.2, 0) is 0 Å². The van der Waals surface area contributed by atoms with Gasteiger partial charge in [0.15, 0.2) is 0 Å². The molecule has 0 aromatic carbocycles. The fraction of sp³-hybridized carbons (Fsp3) is 0.615. The Labute approximate surface area is 123 Å². The summed E-state index contributed by atoms with van der Waals surface area (Å²) in [5.74, 6) is 1.19. The Hall–Kier alpha value is -0.710. The largest absolute Gasteiger partial charge is 0.394 e. The van der Waals surface area contributed by atoms with Crippen molar-refractivity contribution in [2.45, 2.75) is 38.1 Å². The van der Waals surface area contributed by atoms with Gasteiger partial charge in [0.2, 0.25) is 0 Å². The Bertz CT molecular complexity index is 448. The number of halogens is 2. The molecule has 4 nitrogen and oxygen atoms in total. The number of anilines is 2. The third kappa shape index (κ3) is 3.25. The minimum Gasteiger partial charge on any atom is -0.394 e. The first kappa shape index (κ1) is 14.7. The number of aromatic nitrogens is 1. The standard InChI is InChI=1S/C13H19Cl2N3O/c1-2-16-11-9(14)7-10(15)12(17-11)18-13(8-19)5-3-4-6-13/h7,19H,2-6,8H2,1H3,(H2,16,17,18). The third-order valence-corrected chi connectivity index (χ3v) is 4.10. The van der Waals surface area contributed by atoms with Crippen molar-refractivity contribution in [3.63, 3.8) is 0 Å². The molecule has 1 aliphatic carbocycles. The lowest BCUT2D eigenvalue weighted by Gasteiger charge is -2.29. The summed E-state index contributed by atoms with van der Waals surface area (Å²) in [6, 6.07) is 1.68. The van der Waals surface area contributed by atoms with Crippen molar-refractivity contribution in [1.29, 1.82) is 0 Å².